The molecule has 0 amide bonds. The molecule has 5 heteroatoms. The van der Waals surface area contributed by atoms with Crippen LogP contribution in [-0.4, -0.2) is 36.9 Å². The van der Waals surface area contributed by atoms with Crippen molar-refractivity contribution >= 4 is 23.3 Å². The highest BCUT2D eigenvalue weighted by Crippen LogP contribution is 2.35. The van der Waals surface area contributed by atoms with Gasteiger partial charge < -0.3 is 15.4 Å². The lowest BCUT2D eigenvalue weighted by molar-refractivity contribution is 0.0643. The van der Waals surface area contributed by atoms with Crippen LogP contribution in [0.15, 0.2) is 23.1 Å². The maximum absolute atomic E-state index is 7.95. The highest BCUT2D eigenvalue weighted by atomic mass is 32.2. The third kappa shape index (κ3) is 2.94. The van der Waals surface area contributed by atoms with Gasteiger partial charge in [0.1, 0.15) is 5.84 Å². The molecule has 2 rings (SSSR count). The second-order valence-corrected chi connectivity index (χ2v) is 6.82. The summed E-state index contributed by atoms with van der Waals surface area (Å²) in [5.74, 6) is 1.11. The molecule has 1 aromatic carbocycles. The minimum atomic E-state index is -0.0854. The van der Waals surface area contributed by atoms with Crippen LogP contribution in [0.2, 0.25) is 0 Å². The van der Waals surface area contributed by atoms with Gasteiger partial charge in [-0.1, -0.05) is 13.0 Å². The van der Waals surface area contributed by atoms with E-state index in [0.717, 1.165) is 28.4 Å². The molecule has 1 aliphatic rings. The molecule has 0 spiro atoms. The molecule has 1 fully saturated rings. The molecule has 1 saturated heterocycles. The van der Waals surface area contributed by atoms with Gasteiger partial charge in [-0.25, -0.2) is 0 Å². The summed E-state index contributed by atoms with van der Waals surface area (Å²) in [5.41, 5.74) is 7.67. The zero-order chi connectivity index (χ0) is 14.8. The van der Waals surface area contributed by atoms with Crippen LogP contribution >= 0.6 is 11.8 Å². The molecule has 0 saturated carbocycles. The monoisotopic (exact) mass is 293 g/mol. The van der Waals surface area contributed by atoms with E-state index in [0.29, 0.717) is 13.2 Å². The first-order chi connectivity index (χ1) is 9.47. The van der Waals surface area contributed by atoms with Crippen molar-refractivity contribution in [3.8, 4) is 0 Å². The van der Waals surface area contributed by atoms with Crippen molar-refractivity contribution < 1.29 is 4.74 Å². The maximum atomic E-state index is 7.95. The van der Waals surface area contributed by atoms with Crippen LogP contribution in [0.1, 0.15) is 26.3 Å². The van der Waals surface area contributed by atoms with Crippen molar-refractivity contribution in [3.63, 3.8) is 0 Å². The van der Waals surface area contributed by atoms with E-state index in [1.807, 2.05) is 12.1 Å². The summed E-state index contributed by atoms with van der Waals surface area (Å²) >= 11 is 1.73. The van der Waals surface area contributed by atoms with E-state index in [-0.39, 0.29) is 11.4 Å². The van der Waals surface area contributed by atoms with E-state index in [4.69, 9.17) is 15.9 Å². The van der Waals surface area contributed by atoms with E-state index in [1.165, 1.54) is 0 Å². The molecular formula is C15H23N3OS. The first kappa shape index (κ1) is 15.2. The number of morpholine rings is 1. The summed E-state index contributed by atoms with van der Waals surface area (Å²) in [6.07, 6.45) is 0. The van der Waals surface area contributed by atoms with Crippen molar-refractivity contribution in [2.75, 3.05) is 30.4 Å². The summed E-state index contributed by atoms with van der Waals surface area (Å²) in [7, 11) is 0. The van der Waals surface area contributed by atoms with Crippen molar-refractivity contribution in [1.29, 1.82) is 5.41 Å². The Labute approximate surface area is 125 Å². The van der Waals surface area contributed by atoms with Crippen LogP contribution in [0, 0.1) is 5.41 Å². The van der Waals surface area contributed by atoms with E-state index in [2.05, 4.69) is 31.7 Å². The highest BCUT2D eigenvalue weighted by molar-refractivity contribution is 7.99. The number of hydrogen-bond donors (Lipinski definition) is 2. The number of ether oxygens (including phenoxy) is 1. The Morgan fingerprint density at radius 3 is 2.85 bits per heavy atom. The highest BCUT2D eigenvalue weighted by Gasteiger charge is 2.32. The van der Waals surface area contributed by atoms with Gasteiger partial charge in [0.2, 0.25) is 0 Å². The number of benzene rings is 1. The summed E-state index contributed by atoms with van der Waals surface area (Å²) in [6.45, 7) is 8.67. The predicted octanol–water partition coefficient (Wildman–Crippen LogP) is 2.70. The average Bonchev–Trinajstić information content (AvgIpc) is 2.38. The fourth-order valence-electron chi connectivity index (χ4n) is 2.60. The normalized spacial score (nSPS) is 18.1. The molecule has 0 bridgehead atoms. The van der Waals surface area contributed by atoms with Crippen molar-refractivity contribution in [1.82, 2.24) is 0 Å². The van der Waals surface area contributed by atoms with Gasteiger partial charge in [-0.15, -0.1) is 11.8 Å². The average molecular weight is 293 g/mol. The van der Waals surface area contributed by atoms with Gasteiger partial charge in [-0.3, -0.25) is 5.41 Å². The maximum Gasteiger partial charge on any atom is 0.126 e. The number of nitrogens with one attached hydrogen (secondary N) is 1. The first-order valence-corrected chi connectivity index (χ1v) is 7.91. The van der Waals surface area contributed by atoms with E-state index >= 15 is 0 Å². The Morgan fingerprint density at radius 1 is 1.50 bits per heavy atom. The van der Waals surface area contributed by atoms with Crippen LogP contribution in [0.4, 0.5) is 5.69 Å². The number of amidine groups is 1. The molecule has 0 aliphatic carbocycles. The lowest BCUT2D eigenvalue weighted by Gasteiger charge is -2.44. The molecular weight excluding hydrogens is 270 g/mol. The zero-order valence-electron chi connectivity index (χ0n) is 12.4. The second-order valence-electron chi connectivity index (χ2n) is 5.51. The van der Waals surface area contributed by atoms with Crippen molar-refractivity contribution in [2.24, 2.45) is 5.73 Å². The van der Waals surface area contributed by atoms with E-state index in [1.54, 1.807) is 11.8 Å². The van der Waals surface area contributed by atoms with Crippen molar-refractivity contribution in [2.45, 2.75) is 31.2 Å². The fraction of sp³-hybridized carbons (Fsp3) is 0.533. The topological polar surface area (TPSA) is 62.3 Å². The summed E-state index contributed by atoms with van der Waals surface area (Å²) in [6, 6.07) is 6.15. The molecule has 1 aromatic rings. The summed E-state index contributed by atoms with van der Waals surface area (Å²) in [5, 5.41) is 7.95. The van der Waals surface area contributed by atoms with Gasteiger partial charge in [-0.05, 0) is 31.7 Å². The second kappa shape index (κ2) is 6.06. The number of nitrogens with two attached hydrogens (primary N) is 1. The zero-order valence-corrected chi connectivity index (χ0v) is 13.2. The largest absolute Gasteiger partial charge is 0.384 e. The smallest absolute Gasteiger partial charge is 0.126 e. The van der Waals surface area contributed by atoms with Gasteiger partial charge in [0.05, 0.1) is 24.3 Å². The van der Waals surface area contributed by atoms with Crippen LogP contribution in [0.3, 0.4) is 0 Å². The van der Waals surface area contributed by atoms with E-state index < -0.39 is 0 Å². The predicted molar refractivity (Wildman–Crippen MR) is 86.1 cm³/mol. The standard InChI is InChI=1S/C15H23N3OS/c1-4-20-12-7-5-6-11(13(12)14(16)17)18-8-9-19-10-15(18,2)3/h5-7H,4,8-10H2,1-3H3,(H3,16,17). The minimum absolute atomic E-state index is 0.0854. The fourth-order valence-corrected chi connectivity index (χ4v) is 3.44. The number of thioether (sulfide) groups is 1. The third-order valence-electron chi connectivity index (χ3n) is 3.51. The molecule has 1 aliphatic heterocycles. The number of nitrogen functional groups attached to an aromatic ring is 1. The molecule has 110 valence electrons. The first-order valence-electron chi connectivity index (χ1n) is 6.93. The summed E-state index contributed by atoms with van der Waals surface area (Å²) < 4.78 is 5.58. The molecule has 20 heavy (non-hydrogen) atoms. The Morgan fingerprint density at radius 2 is 2.25 bits per heavy atom. The van der Waals surface area contributed by atoms with Gasteiger partial charge in [0, 0.05) is 17.1 Å². The SMILES string of the molecule is CCSc1cccc(N2CCOCC2(C)C)c1C(=N)N. The lowest BCUT2D eigenvalue weighted by Crippen LogP contribution is -2.53. The molecule has 3 N–H and O–H groups in total. The van der Waals surface area contributed by atoms with Crippen LogP contribution < -0.4 is 10.6 Å². The Bertz CT molecular complexity index is 502. The third-order valence-corrected chi connectivity index (χ3v) is 4.45. The number of nitrogens with zero attached hydrogens (tertiary/aromatic N) is 1. The number of rotatable bonds is 4. The minimum Gasteiger partial charge on any atom is -0.384 e. The molecule has 0 unspecified atom stereocenters. The number of hydrogen-bond acceptors (Lipinski definition) is 4. The van der Waals surface area contributed by atoms with E-state index in [9.17, 15) is 0 Å². The summed E-state index contributed by atoms with van der Waals surface area (Å²) in [4.78, 5) is 3.40. The van der Waals surface area contributed by atoms with Crippen LogP contribution in [0.5, 0.6) is 0 Å². The van der Waals surface area contributed by atoms with Crippen LogP contribution in [0.25, 0.3) is 0 Å². The van der Waals surface area contributed by atoms with Gasteiger partial charge in [0.25, 0.3) is 0 Å². The lowest BCUT2D eigenvalue weighted by atomic mass is 9.99. The molecule has 0 aromatic heterocycles. The van der Waals surface area contributed by atoms with Gasteiger partial charge in [0.15, 0.2) is 0 Å². The van der Waals surface area contributed by atoms with Gasteiger partial charge >= 0.3 is 0 Å². The van der Waals surface area contributed by atoms with Gasteiger partial charge in [-0.2, -0.15) is 0 Å². The Kier molecular flexibility index (Phi) is 4.60. The number of anilines is 1. The Balaban J connectivity index is 2.50. The quantitative estimate of drug-likeness (QED) is 0.509. The molecule has 1 heterocycles. The molecule has 0 atom stereocenters. The molecule has 0 radical (unpaired) electrons. The van der Waals surface area contributed by atoms with Crippen molar-refractivity contribution in [3.05, 3.63) is 23.8 Å². The molecule has 4 nitrogen and oxygen atoms in total. The van der Waals surface area contributed by atoms with Crippen LogP contribution in [-0.2, 0) is 4.74 Å². The Hall–Kier alpha value is -1.20.